The zero-order chi connectivity index (χ0) is 20.9. The molecule has 0 bridgehead atoms. The lowest BCUT2D eigenvalue weighted by Gasteiger charge is -2.26. The number of hydrogen-bond donors (Lipinski definition) is 1. The number of ether oxygens (including phenoxy) is 2. The van der Waals surface area contributed by atoms with Crippen LogP contribution in [0.4, 0.5) is 0 Å². The van der Waals surface area contributed by atoms with E-state index in [1.54, 1.807) is 18.2 Å². The summed E-state index contributed by atoms with van der Waals surface area (Å²) in [4.78, 5) is 12.2. The summed E-state index contributed by atoms with van der Waals surface area (Å²) in [5.74, 6) is 0.0617. The summed E-state index contributed by atoms with van der Waals surface area (Å²) in [5, 5.41) is 3.69. The second-order valence-corrected chi connectivity index (χ2v) is 9.07. The van der Waals surface area contributed by atoms with Crippen LogP contribution in [0.5, 0.6) is 5.75 Å². The average molecular weight is 459 g/mol. The monoisotopic (exact) mass is 458 g/mol. The van der Waals surface area contributed by atoms with Crippen LogP contribution >= 0.6 is 23.2 Å². The second kappa shape index (κ2) is 9.77. The van der Waals surface area contributed by atoms with Gasteiger partial charge in [0.15, 0.2) is 6.61 Å². The van der Waals surface area contributed by atoms with Gasteiger partial charge in [-0.05, 0) is 42.0 Å². The minimum atomic E-state index is -3.56. The minimum Gasteiger partial charge on any atom is -0.484 e. The molecule has 0 saturated carbocycles. The van der Waals surface area contributed by atoms with Gasteiger partial charge in [0.25, 0.3) is 5.91 Å². The number of rotatable bonds is 7. The first-order valence-corrected chi connectivity index (χ1v) is 11.1. The van der Waals surface area contributed by atoms with E-state index in [0.29, 0.717) is 42.1 Å². The normalized spacial score (nSPS) is 15.1. The molecule has 0 unspecified atom stereocenters. The third-order valence-corrected chi connectivity index (χ3v) is 6.79. The Morgan fingerprint density at radius 1 is 1.10 bits per heavy atom. The summed E-state index contributed by atoms with van der Waals surface area (Å²) in [6.45, 7) is 1.47. The molecule has 1 fully saturated rings. The Kier molecular flexibility index (Phi) is 7.37. The quantitative estimate of drug-likeness (QED) is 0.689. The molecule has 3 rings (SSSR count). The van der Waals surface area contributed by atoms with Crippen LogP contribution in [0.15, 0.2) is 47.4 Å². The van der Waals surface area contributed by atoms with Gasteiger partial charge >= 0.3 is 0 Å². The van der Waals surface area contributed by atoms with E-state index in [1.807, 2.05) is 0 Å². The first-order chi connectivity index (χ1) is 13.9. The van der Waals surface area contributed by atoms with Crippen LogP contribution < -0.4 is 10.1 Å². The lowest BCUT2D eigenvalue weighted by molar-refractivity contribution is -0.123. The van der Waals surface area contributed by atoms with E-state index < -0.39 is 10.0 Å². The Hall–Kier alpha value is -1.84. The first-order valence-electron chi connectivity index (χ1n) is 8.87. The van der Waals surface area contributed by atoms with Crippen molar-refractivity contribution < 1.29 is 22.7 Å². The number of sulfonamides is 1. The van der Waals surface area contributed by atoms with Crippen molar-refractivity contribution in [1.29, 1.82) is 0 Å². The molecule has 1 amide bonds. The van der Waals surface area contributed by atoms with Crippen LogP contribution in [-0.4, -0.2) is 51.5 Å². The Morgan fingerprint density at radius 2 is 1.79 bits per heavy atom. The van der Waals surface area contributed by atoms with Gasteiger partial charge in [0.2, 0.25) is 10.0 Å². The van der Waals surface area contributed by atoms with E-state index in [-0.39, 0.29) is 24.0 Å². The molecule has 1 N–H and O–H groups in total. The first kappa shape index (κ1) is 21.9. The van der Waals surface area contributed by atoms with Gasteiger partial charge in [-0.25, -0.2) is 8.42 Å². The SMILES string of the molecule is O=C(COc1ccc(S(=O)(=O)N2CCOCC2)cc1)NCc1ccc(Cl)cc1Cl. The van der Waals surface area contributed by atoms with Gasteiger partial charge in [0.1, 0.15) is 5.75 Å². The number of carbonyl (C=O) groups is 1. The molecule has 0 radical (unpaired) electrons. The predicted molar refractivity (Wildman–Crippen MR) is 110 cm³/mol. The van der Waals surface area contributed by atoms with Crippen LogP contribution in [0, 0.1) is 0 Å². The molecule has 1 aliphatic heterocycles. The van der Waals surface area contributed by atoms with Crippen molar-refractivity contribution in [2.75, 3.05) is 32.9 Å². The third-order valence-electron chi connectivity index (χ3n) is 4.29. The Morgan fingerprint density at radius 3 is 2.45 bits per heavy atom. The van der Waals surface area contributed by atoms with E-state index in [1.165, 1.54) is 28.6 Å². The molecular formula is C19H20Cl2N2O5S. The van der Waals surface area contributed by atoms with Crippen LogP contribution in [-0.2, 0) is 26.1 Å². The van der Waals surface area contributed by atoms with Gasteiger partial charge in [0, 0.05) is 29.7 Å². The minimum absolute atomic E-state index is 0.175. The number of amides is 1. The predicted octanol–water partition coefficient (Wildman–Crippen LogP) is 2.71. The summed E-state index contributed by atoms with van der Waals surface area (Å²) in [5.41, 5.74) is 0.738. The van der Waals surface area contributed by atoms with E-state index in [0.717, 1.165) is 5.56 Å². The number of nitrogens with zero attached hydrogens (tertiary/aromatic N) is 1. The Bertz CT molecular complexity index is 961. The summed E-state index contributed by atoms with van der Waals surface area (Å²) >= 11 is 11.9. The molecule has 1 heterocycles. The summed E-state index contributed by atoms with van der Waals surface area (Å²) in [6.07, 6.45) is 0. The molecule has 29 heavy (non-hydrogen) atoms. The number of nitrogens with one attached hydrogen (secondary N) is 1. The van der Waals surface area contributed by atoms with Crippen molar-refractivity contribution in [2.45, 2.75) is 11.4 Å². The molecule has 7 nitrogen and oxygen atoms in total. The highest BCUT2D eigenvalue weighted by molar-refractivity contribution is 7.89. The van der Waals surface area contributed by atoms with Crippen molar-refractivity contribution in [3.8, 4) is 5.75 Å². The van der Waals surface area contributed by atoms with Crippen molar-refractivity contribution in [1.82, 2.24) is 9.62 Å². The van der Waals surface area contributed by atoms with Crippen LogP contribution in [0.25, 0.3) is 0 Å². The molecule has 2 aromatic rings. The van der Waals surface area contributed by atoms with Crippen LogP contribution in [0.1, 0.15) is 5.56 Å². The van der Waals surface area contributed by atoms with E-state index in [2.05, 4.69) is 5.32 Å². The zero-order valence-electron chi connectivity index (χ0n) is 15.4. The van der Waals surface area contributed by atoms with Gasteiger partial charge < -0.3 is 14.8 Å². The fourth-order valence-electron chi connectivity index (χ4n) is 2.70. The Balaban J connectivity index is 1.51. The fraction of sp³-hybridized carbons (Fsp3) is 0.316. The van der Waals surface area contributed by atoms with Crippen molar-refractivity contribution in [3.05, 3.63) is 58.1 Å². The number of carbonyl (C=O) groups excluding carboxylic acids is 1. The Labute approximate surface area is 179 Å². The maximum Gasteiger partial charge on any atom is 0.258 e. The lowest BCUT2D eigenvalue weighted by atomic mass is 10.2. The smallest absolute Gasteiger partial charge is 0.258 e. The fourth-order valence-corrected chi connectivity index (χ4v) is 4.59. The van der Waals surface area contributed by atoms with E-state index in [9.17, 15) is 13.2 Å². The summed E-state index contributed by atoms with van der Waals surface area (Å²) in [7, 11) is -3.56. The van der Waals surface area contributed by atoms with E-state index in [4.69, 9.17) is 32.7 Å². The molecule has 2 aromatic carbocycles. The highest BCUT2D eigenvalue weighted by atomic mass is 35.5. The molecule has 156 valence electrons. The van der Waals surface area contributed by atoms with Gasteiger partial charge in [-0.15, -0.1) is 0 Å². The second-order valence-electron chi connectivity index (χ2n) is 6.29. The number of benzene rings is 2. The maximum atomic E-state index is 12.6. The van der Waals surface area contributed by atoms with Gasteiger partial charge in [0.05, 0.1) is 18.1 Å². The van der Waals surface area contributed by atoms with Crippen molar-refractivity contribution in [2.24, 2.45) is 0 Å². The molecule has 0 spiro atoms. The van der Waals surface area contributed by atoms with Crippen molar-refractivity contribution in [3.63, 3.8) is 0 Å². The maximum absolute atomic E-state index is 12.6. The highest BCUT2D eigenvalue weighted by Crippen LogP contribution is 2.21. The van der Waals surface area contributed by atoms with Crippen LogP contribution in [0.2, 0.25) is 10.0 Å². The van der Waals surface area contributed by atoms with Gasteiger partial charge in [-0.1, -0.05) is 29.3 Å². The average Bonchev–Trinajstić information content (AvgIpc) is 2.72. The standard InChI is InChI=1S/C19H20Cl2N2O5S/c20-15-2-1-14(18(21)11-15)12-22-19(24)13-28-16-3-5-17(6-4-16)29(25,26)23-7-9-27-10-8-23/h1-6,11H,7-10,12-13H2,(H,22,24). The largest absolute Gasteiger partial charge is 0.484 e. The summed E-state index contributed by atoms with van der Waals surface area (Å²) < 4.78 is 37.2. The van der Waals surface area contributed by atoms with Gasteiger partial charge in [-0.3, -0.25) is 4.79 Å². The number of halogens is 2. The number of morpholine rings is 1. The molecule has 0 aromatic heterocycles. The zero-order valence-corrected chi connectivity index (χ0v) is 17.8. The molecule has 0 atom stereocenters. The molecule has 10 heteroatoms. The molecule has 1 saturated heterocycles. The lowest BCUT2D eigenvalue weighted by Crippen LogP contribution is -2.40. The van der Waals surface area contributed by atoms with Crippen LogP contribution in [0.3, 0.4) is 0 Å². The van der Waals surface area contributed by atoms with E-state index >= 15 is 0 Å². The highest BCUT2D eigenvalue weighted by Gasteiger charge is 2.26. The number of hydrogen-bond acceptors (Lipinski definition) is 5. The van der Waals surface area contributed by atoms with Gasteiger partial charge in [-0.2, -0.15) is 4.31 Å². The summed E-state index contributed by atoms with van der Waals surface area (Å²) in [6, 6.07) is 11.0. The molecule has 1 aliphatic rings. The van der Waals surface area contributed by atoms with Crippen molar-refractivity contribution >= 4 is 39.1 Å². The molecular weight excluding hydrogens is 439 g/mol. The topological polar surface area (TPSA) is 84.9 Å². The molecule has 0 aliphatic carbocycles. The third kappa shape index (κ3) is 5.83.